The molecule has 4 heteroatoms. The highest BCUT2D eigenvalue weighted by Crippen LogP contribution is 2.13. The fourth-order valence-corrected chi connectivity index (χ4v) is 1.52. The molecule has 0 atom stereocenters. The Morgan fingerprint density at radius 1 is 1.06 bits per heavy atom. The van der Waals surface area contributed by atoms with Crippen molar-refractivity contribution in [1.29, 1.82) is 0 Å². The van der Waals surface area contributed by atoms with Crippen LogP contribution < -0.4 is 0 Å². The van der Waals surface area contributed by atoms with E-state index in [1.165, 1.54) is 13.8 Å². The fourth-order valence-electron chi connectivity index (χ4n) is 1.52. The molecule has 0 rings (SSSR count). The SMILES string of the molecule is CC(=O)OC(C=C(C)CCCC(C)C)OC(C)=O. The lowest BCUT2D eigenvalue weighted by Crippen LogP contribution is -2.20. The summed E-state index contributed by atoms with van der Waals surface area (Å²) in [5.41, 5.74) is 1.06. The predicted molar refractivity (Wildman–Crippen MR) is 69.8 cm³/mol. The van der Waals surface area contributed by atoms with Gasteiger partial charge in [0.25, 0.3) is 6.29 Å². The van der Waals surface area contributed by atoms with Crippen LogP contribution in [0.15, 0.2) is 11.6 Å². The molecule has 104 valence electrons. The van der Waals surface area contributed by atoms with Crippen molar-refractivity contribution < 1.29 is 19.1 Å². The molecule has 0 aliphatic heterocycles. The van der Waals surface area contributed by atoms with E-state index in [4.69, 9.17) is 9.47 Å². The van der Waals surface area contributed by atoms with Crippen LogP contribution in [0.3, 0.4) is 0 Å². The second-order valence-corrected chi connectivity index (χ2v) is 4.89. The first-order valence-corrected chi connectivity index (χ1v) is 6.33. The minimum atomic E-state index is -0.904. The molecule has 0 radical (unpaired) electrons. The Kier molecular flexibility index (Phi) is 8.08. The van der Waals surface area contributed by atoms with Gasteiger partial charge in [-0.15, -0.1) is 0 Å². The third-order valence-electron chi connectivity index (χ3n) is 2.34. The molecule has 0 saturated heterocycles. The second-order valence-electron chi connectivity index (χ2n) is 4.89. The van der Waals surface area contributed by atoms with Crippen LogP contribution >= 0.6 is 0 Å². The summed E-state index contributed by atoms with van der Waals surface area (Å²) in [5, 5.41) is 0. The van der Waals surface area contributed by atoms with Gasteiger partial charge in [-0.1, -0.05) is 25.8 Å². The second kappa shape index (κ2) is 8.72. The maximum atomic E-state index is 10.9. The lowest BCUT2D eigenvalue weighted by atomic mass is 10.0. The normalized spacial score (nSPS) is 11.8. The molecule has 0 saturated carbocycles. The van der Waals surface area contributed by atoms with E-state index in [1.807, 2.05) is 6.92 Å². The van der Waals surface area contributed by atoms with Gasteiger partial charge in [0.1, 0.15) is 0 Å². The average molecular weight is 256 g/mol. The van der Waals surface area contributed by atoms with E-state index in [9.17, 15) is 9.59 Å². The Morgan fingerprint density at radius 2 is 1.56 bits per heavy atom. The number of esters is 2. The molecular formula is C14H24O4. The topological polar surface area (TPSA) is 52.6 Å². The van der Waals surface area contributed by atoms with Gasteiger partial charge in [0.15, 0.2) is 0 Å². The lowest BCUT2D eigenvalue weighted by molar-refractivity contribution is -0.176. The third-order valence-corrected chi connectivity index (χ3v) is 2.34. The first-order valence-electron chi connectivity index (χ1n) is 6.33. The Bertz CT molecular complexity index is 289. The smallest absolute Gasteiger partial charge is 0.305 e. The Morgan fingerprint density at radius 3 is 1.94 bits per heavy atom. The molecule has 0 N–H and O–H groups in total. The largest absolute Gasteiger partial charge is 0.421 e. The zero-order valence-electron chi connectivity index (χ0n) is 12.0. The molecule has 0 aromatic heterocycles. The summed E-state index contributed by atoms with van der Waals surface area (Å²) in [5.74, 6) is -0.254. The van der Waals surface area contributed by atoms with E-state index in [1.54, 1.807) is 6.08 Å². The molecule has 0 aromatic carbocycles. The van der Waals surface area contributed by atoms with Gasteiger partial charge in [-0.2, -0.15) is 0 Å². The maximum Gasteiger partial charge on any atom is 0.305 e. The first kappa shape index (κ1) is 16.7. The molecule has 0 aromatic rings. The highest BCUT2D eigenvalue weighted by molar-refractivity contribution is 5.68. The third kappa shape index (κ3) is 9.87. The monoisotopic (exact) mass is 256 g/mol. The molecule has 0 amide bonds. The highest BCUT2D eigenvalue weighted by atomic mass is 16.7. The number of ether oxygens (including phenoxy) is 2. The number of hydrogen-bond acceptors (Lipinski definition) is 4. The van der Waals surface area contributed by atoms with Crippen LogP contribution in [-0.4, -0.2) is 18.2 Å². The van der Waals surface area contributed by atoms with Crippen molar-refractivity contribution in [3.8, 4) is 0 Å². The molecule has 0 bridgehead atoms. The van der Waals surface area contributed by atoms with Crippen molar-refractivity contribution in [2.75, 3.05) is 0 Å². The van der Waals surface area contributed by atoms with Gasteiger partial charge in [0, 0.05) is 13.8 Å². The Balaban J connectivity index is 4.32. The van der Waals surface area contributed by atoms with Crippen molar-refractivity contribution in [2.24, 2.45) is 5.92 Å². The van der Waals surface area contributed by atoms with Crippen LogP contribution in [0.1, 0.15) is 53.9 Å². The fraction of sp³-hybridized carbons (Fsp3) is 0.714. The van der Waals surface area contributed by atoms with Gasteiger partial charge >= 0.3 is 11.9 Å². The van der Waals surface area contributed by atoms with Crippen molar-refractivity contribution >= 4 is 11.9 Å². The van der Waals surface area contributed by atoms with Gasteiger partial charge < -0.3 is 9.47 Å². The number of hydrogen-bond donors (Lipinski definition) is 0. The van der Waals surface area contributed by atoms with E-state index >= 15 is 0 Å². The molecule has 0 spiro atoms. The summed E-state index contributed by atoms with van der Waals surface area (Å²) < 4.78 is 9.80. The highest BCUT2D eigenvalue weighted by Gasteiger charge is 2.12. The zero-order chi connectivity index (χ0) is 14.1. The van der Waals surface area contributed by atoms with Gasteiger partial charge in [0.05, 0.1) is 0 Å². The minimum Gasteiger partial charge on any atom is -0.421 e. The molecule has 0 fully saturated rings. The number of rotatable bonds is 7. The summed E-state index contributed by atoms with van der Waals surface area (Å²) >= 11 is 0. The summed E-state index contributed by atoms with van der Waals surface area (Å²) in [7, 11) is 0. The van der Waals surface area contributed by atoms with E-state index in [2.05, 4.69) is 13.8 Å². The van der Waals surface area contributed by atoms with Crippen LogP contribution in [-0.2, 0) is 19.1 Å². The molecular weight excluding hydrogens is 232 g/mol. The molecule has 0 aliphatic carbocycles. The predicted octanol–water partition coefficient (Wildman–Crippen LogP) is 3.21. The summed E-state index contributed by atoms with van der Waals surface area (Å²) in [6, 6.07) is 0. The molecule has 0 heterocycles. The van der Waals surface area contributed by atoms with Crippen LogP contribution in [0.4, 0.5) is 0 Å². The van der Waals surface area contributed by atoms with Gasteiger partial charge in [0.2, 0.25) is 0 Å². The van der Waals surface area contributed by atoms with Crippen LogP contribution in [0.2, 0.25) is 0 Å². The zero-order valence-corrected chi connectivity index (χ0v) is 12.0. The molecule has 0 unspecified atom stereocenters. The van der Waals surface area contributed by atoms with Crippen LogP contribution in [0.5, 0.6) is 0 Å². The molecule has 18 heavy (non-hydrogen) atoms. The summed E-state index contributed by atoms with van der Waals surface area (Å²) in [4.78, 5) is 21.8. The van der Waals surface area contributed by atoms with Crippen molar-refractivity contribution in [3.05, 3.63) is 11.6 Å². The van der Waals surface area contributed by atoms with E-state index in [0.717, 1.165) is 24.8 Å². The maximum absolute atomic E-state index is 10.9. The average Bonchev–Trinajstić information content (AvgIpc) is 2.13. The number of carbonyl (C=O) groups is 2. The molecule has 4 nitrogen and oxygen atoms in total. The Hall–Kier alpha value is -1.32. The summed E-state index contributed by atoms with van der Waals surface area (Å²) in [6.07, 6.45) is 3.92. The summed E-state index contributed by atoms with van der Waals surface area (Å²) in [6.45, 7) is 8.89. The lowest BCUT2D eigenvalue weighted by Gasteiger charge is -2.14. The van der Waals surface area contributed by atoms with Crippen molar-refractivity contribution in [3.63, 3.8) is 0 Å². The Labute approximate surface area is 109 Å². The standard InChI is InChI=1S/C14H24O4/c1-10(2)7-6-8-11(3)9-14(17-12(4)15)18-13(5)16/h9-10,14H,6-8H2,1-5H3. The van der Waals surface area contributed by atoms with Crippen LogP contribution in [0, 0.1) is 5.92 Å². The number of carbonyl (C=O) groups excluding carboxylic acids is 2. The first-order chi connectivity index (χ1) is 8.31. The van der Waals surface area contributed by atoms with Crippen LogP contribution in [0.25, 0.3) is 0 Å². The van der Waals surface area contributed by atoms with Gasteiger partial charge in [-0.05, 0) is 31.8 Å². The van der Waals surface area contributed by atoms with Gasteiger partial charge in [-0.25, -0.2) is 0 Å². The van der Waals surface area contributed by atoms with E-state index in [0.29, 0.717) is 5.92 Å². The van der Waals surface area contributed by atoms with Crippen molar-refractivity contribution in [2.45, 2.75) is 60.2 Å². The van der Waals surface area contributed by atoms with Gasteiger partial charge in [-0.3, -0.25) is 9.59 Å². The van der Waals surface area contributed by atoms with E-state index < -0.39 is 18.2 Å². The minimum absolute atomic E-state index is 0.465. The molecule has 0 aliphatic rings. The van der Waals surface area contributed by atoms with E-state index in [-0.39, 0.29) is 0 Å². The quantitative estimate of drug-likeness (QED) is 0.399. The number of allylic oxidation sites excluding steroid dienone is 1. The van der Waals surface area contributed by atoms with Crippen molar-refractivity contribution in [1.82, 2.24) is 0 Å².